The Bertz CT molecular complexity index is 661. The summed E-state index contributed by atoms with van der Waals surface area (Å²) in [5.41, 5.74) is 2.59. The van der Waals surface area contributed by atoms with E-state index in [1.807, 2.05) is 0 Å². The summed E-state index contributed by atoms with van der Waals surface area (Å²) in [4.78, 5) is 2.31. The highest BCUT2D eigenvalue weighted by Crippen LogP contribution is 2.34. The summed E-state index contributed by atoms with van der Waals surface area (Å²) in [7, 11) is 0. The number of H-pyrrole nitrogens is 1. The third-order valence-corrected chi connectivity index (χ3v) is 4.02. The molecule has 2 heterocycles. The molecular formula is C16H18F3N3. The molecule has 22 heavy (non-hydrogen) atoms. The van der Waals surface area contributed by atoms with Gasteiger partial charge in [-0.3, -0.25) is 10.00 Å². The molecule has 2 aromatic rings. The van der Waals surface area contributed by atoms with Gasteiger partial charge in [-0.25, -0.2) is 0 Å². The summed E-state index contributed by atoms with van der Waals surface area (Å²) >= 11 is 0. The molecule has 0 unspecified atom stereocenters. The molecule has 1 N–H and O–H groups in total. The molecule has 0 aliphatic carbocycles. The molecule has 1 aromatic heterocycles. The minimum Gasteiger partial charge on any atom is -0.299 e. The predicted molar refractivity (Wildman–Crippen MR) is 78.3 cm³/mol. The Kier molecular flexibility index (Phi) is 3.95. The fourth-order valence-electron chi connectivity index (χ4n) is 2.94. The van der Waals surface area contributed by atoms with Crippen molar-refractivity contribution in [1.29, 1.82) is 0 Å². The van der Waals surface area contributed by atoms with Gasteiger partial charge in [0, 0.05) is 36.3 Å². The van der Waals surface area contributed by atoms with Crippen molar-refractivity contribution in [3.63, 3.8) is 0 Å². The Labute approximate surface area is 127 Å². The largest absolute Gasteiger partial charge is 0.416 e. The number of nitrogens with one attached hydrogen (secondary N) is 1. The highest BCUT2D eigenvalue weighted by atomic mass is 19.4. The Morgan fingerprint density at radius 3 is 2.86 bits per heavy atom. The normalized spacial score (nSPS) is 15.8. The van der Waals surface area contributed by atoms with E-state index < -0.39 is 11.7 Å². The van der Waals surface area contributed by atoms with Gasteiger partial charge < -0.3 is 0 Å². The van der Waals surface area contributed by atoms with Crippen LogP contribution in [0.4, 0.5) is 13.2 Å². The maximum atomic E-state index is 12.9. The van der Waals surface area contributed by atoms with E-state index in [1.165, 1.54) is 12.1 Å². The van der Waals surface area contributed by atoms with Crippen LogP contribution in [0.2, 0.25) is 0 Å². The number of aromatic nitrogens is 2. The fraction of sp³-hybridized carbons (Fsp3) is 0.438. The van der Waals surface area contributed by atoms with Crippen LogP contribution in [0.25, 0.3) is 11.3 Å². The Morgan fingerprint density at radius 2 is 2.14 bits per heavy atom. The zero-order chi connectivity index (χ0) is 15.7. The van der Waals surface area contributed by atoms with Gasteiger partial charge in [-0.1, -0.05) is 19.1 Å². The lowest BCUT2D eigenvalue weighted by Crippen LogP contribution is -2.31. The summed E-state index contributed by atoms with van der Waals surface area (Å²) in [6.45, 7) is 4.82. The first-order chi connectivity index (χ1) is 10.5. The number of nitrogens with zero attached hydrogens (tertiary/aromatic N) is 2. The summed E-state index contributed by atoms with van der Waals surface area (Å²) in [5, 5.41) is 7.25. The summed E-state index contributed by atoms with van der Waals surface area (Å²) in [6, 6.07) is 5.39. The molecule has 1 aliphatic heterocycles. The molecule has 118 valence electrons. The summed E-state index contributed by atoms with van der Waals surface area (Å²) in [6.07, 6.45) is -2.41. The van der Waals surface area contributed by atoms with E-state index in [0.717, 1.165) is 49.8 Å². The van der Waals surface area contributed by atoms with Crippen LogP contribution in [-0.2, 0) is 19.1 Å². The number of benzene rings is 1. The van der Waals surface area contributed by atoms with Crippen LogP contribution in [0.3, 0.4) is 0 Å². The molecule has 6 heteroatoms. The average Bonchev–Trinajstić information content (AvgIpc) is 2.90. The molecule has 0 fully saturated rings. The molecule has 1 aromatic carbocycles. The lowest BCUT2D eigenvalue weighted by atomic mass is 9.99. The topological polar surface area (TPSA) is 31.9 Å². The van der Waals surface area contributed by atoms with Gasteiger partial charge in [0.1, 0.15) is 0 Å². The van der Waals surface area contributed by atoms with Gasteiger partial charge in [0.15, 0.2) is 0 Å². The first-order valence-electron chi connectivity index (χ1n) is 7.45. The molecule has 3 rings (SSSR count). The van der Waals surface area contributed by atoms with Gasteiger partial charge in [-0.15, -0.1) is 0 Å². The van der Waals surface area contributed by atoms with E-state index in [9.17, 15) is 13.2 Å². The molecule has 0 saturated carbocycles. The second kappa shape index (κ2) is 5.76. The maximum Gasteiger partial charge on any atom is 0.416 e. The Balaban J connectivity index is 1.96. The van der Waals surface area contributed by atoms with E-state index in [-0.39, 0.29) is 0 Å². The van der Waals surface area contributed by atoms with Crippen molar-refractivity contribution in [2.75, 3.05) is 13.1 Å². The van der Waals surface area contributed by atoms with Crippen molar-refractivity contribution in [2.24, 2.45) is 0 Å². The molecule has 0 saturated heterocycles. The maximum absolute atomic E-state index is 12.9. The van der Waals surface area contributed by atoms with Crippen LogP contribution < -0.4 is 0 Å². The molecule has 3 nitrogen and oxygen atoms in total. The lowest BCUT2D eigenvalue weighted by molar-refractivity contribution is -0.137. The van der Waals surface area contributed by atoms with Crippen molar-refractivity contribution in [3.8, 4) is 11.3 Å². The number of hydrogen-bond acceptors (Lipinski definition) is 2. The monoisotopic (exact) mass is 309 g/mol. The van der Waals surface area contributed by atoms with Crippen molar-refractivity contribution in [2.45, 2.75) is 32.5 Å². The Hall–Kier alpha value is -1.82. The zero-order valence-electron chi connectivity index (χ0n) is 12.4. The number of alkyl halides is 3. The Morgan fingerprint density at radius 1 is 1.32 bits per heavy atom. The molecule has 0 bridgehead atoms. The smallest absolute Gasteiger partial charge is 0.299 e. The van der Waals surface area contributed by atoms with Gasteiger partial charge in [0.25, 0.3) is 0 Å². The van der Waals surface area contributed by atoms with Gasteiger partial charge in [-0.05, 0) is 25.1 Å². The molecule has 1 aliphatic rings. The van der Waals surface area contributed by atoms with Gasteiger partial charge >= 0.3 is 6.18 Å². The third-order valence-electron chi connectivity index (χ3n) is 4.02. The minimum absolute atomic E-state index is 0.519. The van der Waals surface area contributed by atoms with Crippen LogP contribution in [-0.4, -0.2) is 28.2 Å². The van der Waals surface area contributed by atoms with Crippen molar-refractivity contribution in [3.05, 3.63) is 41.1 Å². The van der Waals surface area contributed by atoms with Crippen LogP contribution >= 0.6 is 0 Å². The van der Waals surface area contributed by atoms with E-state index in [4.69, 9.17) is 0 Å². The van der Waals surface area contributed by atoms with Crippen LogP contribution in [0.15, 0.2) is 24.3 Å². The SMILES string of the molecule is CCCN1CCc2[nH]nc(-c3cccc(C(F)(F)F)c3)c2C1. The zero-order valence-corrected chi connectivity index (χ0v) is 12.4. The number of aromatic amines is 1. The number of halogens is 3. The lowest BCUT2D eigenvalue weighted by Gasteiger charge is -2.26. The van der Waals surface area contributed by atoms with E-state index in [2.05, 4.69) is 22.0 Å². The summed E-state index contributed by atoms with van der Waals surface area (Å²) < 4.78 is 38.6. The van der Waals surface area contributed by atoms with Gasteiger partial charge in [0.05, 0.1) is 11.3 Å². The molecule has 0 spiro atoms. The first-order valence-corrected chi connectivity index (χ1v) is 7.45. The quantitative estimate of drug-likeness (QED) is 0.933. The fourth-order valence-corrected chi connectivity index (χ4v) is 2.94. The molecule has 0 radical (unpaired) electrons. The average molecular weight is 309 g/mol. The van der Waals surface area contributed by atoms with E-state index >= 15 is 0 Å². The van der Waals surface area contributed by atoms with Crippen LogP contribution in [0.5, 0.6) is 0 Å². The van der Waals surface area contributed by atoms with E-state index in [0.29, 0.717) is 11.3 Å². The summed E-state index contributed by atoms with van der Waals surface area (Å²) in [5.74, 6) is 0. The van der Waals surface area contributed by atoms with Gasteiger partial charge in [0.2, 0.25) is 0 Å². The number of fused-ring (bicyclic) bond motifs is 1. The first kappa shape index (κ1) is 15.1. The number of rotatable bonds is 3. The van der Waals surface area contributed by atoms with Crippen molar-refractivity contribution in [1.82, 2.24) is 15.1 Å². The molecule has 0 amide bonds. The van der Waals surface area contributed by atoms with Crippen molar-refractivity contribution >= 4 is 0 Å². The highest BCUT2D eigenvalue weighted by Gasteiger charge is 2.31. The highest BCUT2D eigenvalue weighted by molar-refractivity contribution is 5.65. The number of hydrogen-bond donors (Lipinski definition) is 1. The second-order valence-electron chi connectivity index (χ2n) is 5.63. The van der Waals surface area contributed by atoms with Crippen LogP contribution in [0.1, 0.15) is 30.2 Å². The van der Waals surface area contributed by atoms with Crippen LogP contribution in [0, 0.1) is 0 Å². The van der Waals surface area contributed by atoms with Crippen molar-refractivity contribution < 1.29 is 13.2 Å². The minimum atomic E-state index is -4.33. The standard InChI is InChI=1S/C16H18F3N3/c1-2-7-22-8-6-14-13(10-22)15(21-20-14)11-4-3-5-12(9-11)16(17,18)19/h3-5,9H,2,6-8,10H2,1H3,(H,20,21). The second-order valence-corrected chi connectivity index (χ2v) is 5.63. The molecular weight excluding hydrogens is 291 g/mol. The third kappa shape index (κ3) is 2.88. The predicted octanol–water partition coefficient (Wildman–Crippen LogP) is 3.86. The van der Waals surface area contributed by atoms with E-state index in [1.54, 1.807) is 6.07 Å². The molecule has 0 atom stereocenters. The van der Waals surface area contributed by atoms with Gasteiger partial charge in [-0.2, -0.15) is 18.3 Å².